The molecule has 0 heterocycles. The fourth-order valence-corrected chi connectivity index (χ4v) is 6.72. The van der Waals surface area contributed by atoms with Gasteiger partial charge in [-0.2, -0.15) is 0 Å². The van der Waals surface area contributed by atoms with Crippen LogP contribution in [0.1, 0.15) is 41.0 Å². The summed E-state index contributed by atoms with van der Waals surface area (Å²) in [4.78, 5) is 24.6. The van der Waals surface area contributed by atoms with E-state index in [2.05, 4.69) is 0 Å². The lowest BCUT2D eigenvalue weighted by atomic mass is 9.60. The van der Waals surface area contributed by atoms with Crippen molar-refractivity contribution in [3.8, 4) is 0 Å². The van der Waals surface area contributed by atoms with Crippen LogP contribution in [0.3, 0.4) is 0 Å². The van der Waals surface area contributed by atoms with Gasteiger partial charge in [0.1, 0.15) is 11.7 Å². The molecule has 2 fully saturated rings. The smallest absolute Gasteiger partial charge is 0.303 e. The lowest BCUT2D eigenvalue weighted by molar-refractivity contribution is -0.208. The van der Waals surface area contributed by atoms with E-state index in [1.165, 1.54) is 6.92 Å². The molecule has 8 unspecified atom stereocenters. The van der Waals surface area contributed by atoms with E-state index in [4.69, 9.17) is 4.74 Å². The zero-order chi connectivity index (χ0) is 20.8. The van der Waals surface area contributed by atoms with Crippen molar-refractivity contribution in [3.05, 3.63) is 23.3 Å². The first-order chi connectivity index (χ1) is 12.9. The predicted octanol–water partition coefficient (Wildman–Crippen LogP) is 1.39. The van der Waals surface area contributed by atoms with Crippen LogP contribution in [-0.4, -0.2) is 51.0 Å². The molecule has 4 aliphatic carbocycles. The minimum absolute atomic E-state index is 0.00875. The van der Waals surface area contributed by atoms with E-state index in [0.717, 1.165) is 5.57 Å². The van der Waals surface area contributed by atoms with Crippen LogP contribution >= 0.6 is 0 Å². The van der Waals surface area contributed by atoms with Gasteiger partial charge in [0.25, 0.3) is 0 Å². The van der Waals surface area contributed by atoms with E-state index in [1.54, 1.807) is 13.8 Å². The summed E-state index contributed by atoms with van der Waals surface area (Å²) in [5.41, 5.74) is -1.86. The second-order valence-electron chi connectivity index (χ2n) is 9.79. The maximum Gasteiger partial charge on any atom is 0.303 e. The summed E-state index contributed by atoms with van der Waals surface area (Å²) in [5, 5.41) is 33.6. The highest BCUT2D eigenvalue weighted by Crippen LogP contribution is 2.75. The van der Waals surface area contributed by atoms with Crippen molar-refractivity contribution in [1.82, 2.24) is 0 Å². The molecule has 0 aromatic rings. The van der Waals surface area contributed by atoms with Crippen molar-refractivity contribution in [2.24, 2.45) is 35.0 Å². The molecule has 3 N–H and O–H groups in total. The molecule has 0 aromatic carbocycles. The van der Waals surface area contributed by atoms with Crippen LogP contribution in [0, 0.1) is 35.0 Å². The number of Topliss-reactive ketones (excluding diaryl/α,β-unsaturated/α-hetero) is 1. The van der Waals surface area contributed by atoms with Crippen molar-refractivity contribution in [2.45, 2.75) is 58.3 Å². The van der Waals surface area contributed by atoms with Crippen LogP contribution in [0.4, 0.5) is 0 Å². The Labute approximate surface area is 165 Å². The molecular formula is C22H30O6. The van der Waals surface area contributed by atoms with Gasteiger partial charge >= 0.3 is 5.97 Å². The third-order valence-corrected chi connectivity index (χ3v) is 8.23. The fourth-order valence-electron chi connectivity index (χ4n) is 6.72. The first-order valence-electron chi connectivity index (χ1n) is 10.1. The summed E-state index contributed by atoms with van der Waals surface area (Å²) < 4.78 is 5.58. The van der Waals surface area contributed by atoms with Gasteiger partial charge in [0.05, 0.1) is 12.2 Å². The first kappa shape index (κ1) is 19.8. The van der Waals surface area contributed by atoms with Crippen LogP contribution in [0.25, 0.3) is 0 Å². The van der Waals surface area contributed by atoms with Gasteiger partial charge in [0.15, 0.2) is 5.78 Å². The molecule has 0 bridgehead atoms. The molecule has 154 valence electrons. The minimum atomic E-state index is -1.36. The van der Waals surface area contributed by atoms with Gasteiger partial charge in [-0.15, -0.1) is 0 Å². The van der Waals surface area contributed by atoms with Gasteiger partial charge in [0.2, 0.25) is 0 Å². The average Bonchev–Trinajstić information content (AvgIpc) is 2.97. The summed E-state index contributed by atoms with van der Waals surface area (Å²) in [6, 6.07) is 0. The number of aliphatic hydroxyl groups is 3. The number of hydrogen-bond donors (Lipinski definition) is 3. The third-order valence-electron chi connectivity index (χ3n) is 8.23. The standard InChI is InChI=1S/C22H30O6/c1-10-6-15-14(17(10)25)7-13(9-23)8-16-18-20(4,5)22(18,27)19(28-12(3)24)11(2)21(15,16)26/h6,8,11,14-16,18-19,23,26-27H,7,9H2,1-5H3. The highest BCUT2D eigenvalue weighted by atomic mass is 16.6. The Morgan fingerprint density at radius 1 is 1.25 bits per heavy atom. The number of ether oxygens (including phenoxy) is 1. The Morgan fingerprint density at radius 2 is 1.89 bits per heavy atom. The van der Waals surface area contributed by atoms with Crippen LogP contribution < -0.4 is 0 Å². The molecule has 6 nitrogen and oxygen atoms in total. The predicted molar refractivity (Wildman–Crippen MR) is 101 cm³/mol. The molecule has 28 heavy (non-hydrogen) atoms. The van der Waals surface area contributed by atoms with Gasteiger partial charge < -0.3 is 20.1 Å². The highest BCUT2D eigenvalue weighted by molar-refractivity contribution is 5.99. The van der Waals surface area contributed by atoms with E-state index in [1.807, 2.05) is 26.0 Å². The minimum Gasteiger partial charge on any atom is -0.459 e. The van der Waals surface area contributed by atoms with E-state index >= 15 is 0 Å². The summed E-state index contributed by atoms with van der Waals surface area (Å²) >= 11 is 0. The number of allylic oxidation sites excluding steroid dienone is 1. The molecule has 0 aromatic heterocycles. The third kappa shape index (κ3) is 2.14. The number of fused-ring (bicyclic) bond motifs is 5. The summed E-state index contributed by atoms with van der Waals surface area (Å²) in [6.07, 6.45) is 3.25. The van der Waals surface area contributed by atoms with Gasteiger partial charge in [-0.05, 0) is 24.5 Å². The Kier molecular flexibility index (Phi) is 4.08. The number of esters is 1. The molecule has 2 saturated carbocycles. The van der Waals surface area contributed by atoms with E-state index in [9.17, 15) is 24.9 Å². The SMILES string of the molecule is CC(=O)OC1C(C)C2(O)C3C=C(C)C(=O)C3CC(CO)=CC2C2C(C)(C)C12O. The van der Waals surface area contributed by atoms with Crippen LogP contribution in [0.15, 0.2) is 23.3 Å². The molecule has 0 aliphatic heterocycles. The zero-order valence-corrected chi connectivity index (χ0v) is 17.1. The number of hydrogen-bond acceptors (Lipinski definition) is 6. The van der Waals surface area contributed by atoms with Gasteiger partial charge in [-0.25, -0.2) is 0 Å². The largest absolute Gasteiger partial charge is 0.459 e. The first-order valence-corrected chi connectivity index (χ1v) is 10.1. The lowest BCUT2D eigenvalue weighted by Gasteiger charge is -2.51. The Balaban J connectivity index is 1.91. The molecule has 4 aliphatic rings. The zero-order valence-electron chi connectivity index (χ0n) is 17.1. The quantitative estimate of drug-likeness (QED) is 0.486. The molecule has 0 radical (unpaired) electrons. The molecule has 0 saturated heterocycles. The monoisotopic (exact) mass is 390 g/mol. The maximum absolute atomic E-state index is 12.8. The Bertz CT molecular complexity index is 810. The normalized spacial score (nSPS) is 48.5. The van der Waals surface area contributed by atoms with Gasteiger partial charge in [-0.1, -0.05) is 32.9 Å². The Hall–Kier alpha value is -1.50. The van der Waals surface area contributed by atoms with Crippen molar-refractivity contribution in [1.29, 1.82) is 0 Å². The molecule has 0 spiro atoms. The molecule has 6 heteroatoms. The van der Waals surface area contributed by atoms with Crippen molar-refractivity contribution in [3.63, 3.8) is 0 Å². The van der Waals surface area contributed by atoms with Gasteiger partial charge in [0, 0.05) is 41.9 Å². The second-order valence-corrected chi connectivity index (χ2v) is 9.79. The topological polar surface area (TPSA) is 104 Å². The van der Waals surface area contributed by atoms with Crippen molar-refractivity contribution < 1.29 is 29.6 Å². The number of carbonyl (C=O) groups is 2. The second kappa shape index (κ2) is 5.77. The molecule has 8 atom stereocenters. The Morgan fingerprint density at radius 3 is 2.46 bits per heavy atom. The lowest BCUT2D eigenvalue weighted by Crippen LogP contribution is -2.62. The van der Waals surface area contributed by atoms with Crippen LogP contribution in [0.5, 0.6) is 0 Å². The summed E-state index contributed by atoms with van der Waals surface area (Å²) in [5.74, 6) is -2.76. The highest BCUT2D eigenvalue weighted by Gasteiger charge is 2.84. The summed E-state index contributed by atoms with van der Waals surface area (Å²) in [7, 11) is 0. The van der Waals surface area contributed by atoms with E-state index in [-0.39, 0.29) is 18.3 Å². The molecule has 0 amide bonds. The summed E-state index contributed by atoms with van der Waals surface area (Å²) in [6.45, 7) is 8.51. The van der Waals surface area contributed by atoms with E-state index < -0.39 is 52.4 Å². The number of aliphatic hydroxyl groups excluding tert-OH is 1. The average molecular weight is 390 g/mol. The number of rotatable bonds is 2. The maximum atomic E-state index is 12.8. The molecular weight excluding hydrogens is 360 g/mol. The van der Waals surface area contributed by atoms with Crippen molar-refractivity contribution >= 4 is 11.8 Å². The number of carbonyl (C=O) groups excluding carboxylic acids is 2. The van der Waals surface area contributed by atoms with Crippen LogP contribution in [-0.2, 0) is 14.3 Å². The molecule has 4 rings (SSSR count). The fraction of sp³-hybridized carbons (Fsp3) is 0.727. The van der Waals surface area contributed by atoms with Crippen LogP contribution in [0.2, 0.25) is 0 Å². The van der Waals surface area contributed by atoms with Crippen molar-refractivity contribution in [2.75, 3.05) is 6.61 Å². The van der Waals surface area contributed by atoms with Gasteiger partial charge in [-0.3, -0.25) is 9.59 Å². The van der Waals surface area contributed by atoms with E-state index in [0.29, 0.717) is 12.0 Å². The number of ketones is 1.